The van der Waals surface area contributed by atoms with Gasteiger partial charge in [0.2, 0.25) is 0 Å². The minimum absolute atomic E-state index is 0.0927. The van der Waals surface area contributed by atoms with E-state index in [1.807, 2.05) is 36.1 Å². The summed E-state index contributed by atoms with van der Waals surface area (Å²) in [6, 6.07) is 10.5. The number of hydrogen-bond donors (Lipinski definition) is 1. The molecule has 1 atom stereocenters. The van der Waals surface area contributed by atoms with E-state index in [4.69, 9.17) is 4.74 Å². The van der Waals surface area contributed by atoms with Gasteiger partial charge in [-0.15, -0.1) is 0 Å². The molecule has 1 aromatic carbocycles. The maximum atomic E-state index is 5.49. The smallest absolute Gasteiger partial charge is 0.0645 e. The predicted molar refractivity (Wildman–Crippen MR) is 85.7 cm³/mol. The Bertz CT molecular complexity index is 548. The summed E-state index contributed by atoms with van der Waals surface area (Å²) in [5.74, 6) is 0. The van der Waals surface area contributed by atoms with Crippen LogP contribution < -0.4 is 5.32 Å². The van der Waals surface area contributed by atoms with Crippen molar-refractivity contribution in [3.63, 3.8) is 0 Å². The van der Waals surface area contributed by atoms with Crippen molar-refractivity contribution in [3.05, 3.63) is 48.3 Å². The molecule has 0 aliphatic rings. The normalized spacial score (nSPS) is 13.3. The van der Waals surface area contributed by atoms with Gasteiger partial charge in [-0.2, -0.15) is 5.10 Å². The van der Waals surface area contributed by atoms with Crippen molar-refractivity contribution >= 4 is 0 Å². The summed E-state index contributed by atoms with van der Waals surface area (Å²) >= 11 is 0. The van der Waals surface area contributed by atoms with E-state index in [1.165, 1.54) is 5.56 Å². The molecule has 2 aromatic rings. The summed E-state index contributed by atoms with van der Waals surface area (Å²) < 4.78 is 7.41. The number of rotatable bonds is 7. The monoisotopic (exact) mass is 287 g/mol. The lowest BCUT2D eigenvalue weighted by molar-refractivity contribution is 0.0118. The molecule has 0 aliphatic carbocycles. The van der Waals surface area contributed by atoms with E-state index >= 15 is 0 Å². The SMILES string of the molecule is CNC(CCC(C)(C)OC)c1cnn(-c2ccccc2)c1. The van der Waals surface area contributed by atoms with Crippen molar-refractivity contribution in [2.24, 2.45) is 0 Å². The van der Waals surface area contributed by atoms with Crippen LogP contribution in [0.15, 0.2) is 42.7 Å². The molecule has 0 fully saturated rings. The highest BCUT2D eigenvalue weighted by molar-refractivity contribution is 5.31. The van der Waals surface area contributed by atoms with Gasteiger partial charge in [0.05, 0.1) is 17.5 Å². The van der Waals surface area contributed by atoms with Crippen LogP contribution in [0.4, 0.5) is 0 Å². The standard InChI is InChI=1S/C17H25N3O/c1-17(2,21-4)11-10-16(18-3)14-12-19-20(13-14)15-8-6-5-7-9-15/h5-9,12-13,16,18H,10-11H2,1-4H3. The molecule has 1 unspecified atom stereocenters. The minimum atomic E-state index is -0.0927. The molecule has 21 heavy (non-hydrogen) atoms. The van der Waals surface area contributed by atoms with Gasteiger partial charge in [-0.05, 0) is 45.9 Å². The Labute approximate surface area is 127 Å². The first-order valence-electron chi connectivity index (χ1n) is 7.38. The number of nitrogens with zero attached hydrogens (tertiary/aromatic N) is 2. The molecule has 0 spiro atoms. The van der Waals surface area contributed by atoms with Crippen LogP contribution in [0, 0.1) is 0 Å². The van der Waals surface area contributed by atoms with Gasteiger partial charge in [-0.25, -0.2) is 4.68 Å². The van der Waals surface area contributed by atoms with E-state index in [1.54, 1.807) is 7.11 Å². The third-order valence-corrected chi connectivity index (χ3v) is 3.96. The van der Waals surface area contributed by atoms with Gasteiger partial charge >= 0.3 is 0 Å². The lowest BCUT2D eigenvalue weighted by Gasteiger charge is -2.25. The quantitative estimate of drug-likeness (QED) is 0.849. The molecule has 2 rings (SSSR count). The average Bonchev–Trinajstić information content (AvgIpc) is 2.98. The molecule has 114 valence electrons. The molecule has 1 heterocycles. The second-order valence-electron chi connectivity index (χ2n) is 5.90. The summed E-state index contributed by atoms with van der Waals surface area (Å²) in [6.45, 7) is 4.24. The topological polar surface area (TPSA) is 39.1 Å². The highest BCUT2D eigenvalue weighted by Gasteiger charge is 2.20. The maximum Gasteiger partial charge on any atom is 0.0645 e. The molecule has 0 saturated carbocycles. The van der Waals surface area contributed by atoms with Crippen molar-refractivity contribution in [1.82, 2.24) is 15.1 Å². The van der Waals surface area contributed by atoms with Gasteiger partial charge in [-0.1, -0.05) is 18.2 Å². The van der Waals surface area contributed by atoms with Crippen LogP contribution in [0.25, 0.3) is 5.69 Å². The zero-order valence-electron chi connectivity index (χ0n) is 13.3. The molecule has 0 aliphatic heterocycles. The maximum absolute atomic E-state index is 5.49. The fourth-order valence-corrected chi connectivity index (χ4v) is 2.31. The summed E-state index contributed by atoms with van der Waals surface area (Å²) in [7, 11) is 3.76. The Hall–Kier alpha value is -1.65. The Kier molecular flexibility index (Phi) is 5.15. The molecule has 1 N–H and O–H groups in total. The first-order chi connectivity index (χ1) is 10.1. The van der Waals surface area contributed by atoms with Crippen molar-refractivity contribution in [2.45, 2.75) is 38.3 Å². The van der Waals surface area contributed by atoms with E-state index in [0.717, 1.165) is 18.5 Å². The van der Waals surface area contributed by atoms with Crippen molar-refractivity contribution in [3.8, 4) is 5.69 Å². The van der Waals surface area contributed by atoms with Gasteiger partial charge in [0.15, 0.2) is 0 Å². The third-order valence-electron chi connectivity index (χ3n) is 3.96. The zero-order chi connectivity index (χ0) is 15.3. The molecule has 4 heteroatoms. The van der Waals surface area contributed by atoms with Crippen LogP contribution in [0.1, 0.15) is 38.3 Å². The van der Waals surface area contributed by atoms with Crippen molar-refractivity contribution < 1.29 is 4.74 Å². The molecular formula is C17H25N3O. The van der Waals surface area contributed by atoms with Gasteiger partial charge < -0.3 is 10.1 Å². The third kappa shape index (κ3) is 4.16. The Morgan fingerprint density at radius 2 is 2.00 bits per heavy atom. The van der Waals surface area contributed by atoms with Gasteiger partial charge in [0, 0.05) is 24.9 Å². The van der Waals surface area contributed by atoms with Crippen LogP contribution in [-0.2, 0) is 4.74 Å². The highest BCUT2D eigenvalue weighted by Crippen LogP contribution is 2.24. The van der Waals surface area contributed by atoms with E-state index in [0.29, 0.717) is 0 Å². The molecule has 1 aromatic heterocycles. The Morgan fingerprint density at radius 3 is 2.62 bits per heavy atom. The van der Waals surface area contributed by atoms with E-state index in [-0.39, 0.29) is 11.6 Å². The largest absolute Gasteiger partial charge is 0.379 e. The fraction of sp³-hybridized carbons (Fsp3) is 0.471. The number of benzene rings is 1. The number of methoxy groups -OCH3 is 1. The minimum Gasteiger partial charge on any atom is -0.379 e. The average molecular weight is 287 g/mol. The summed E-state index contributed by atoms with van der Waals surface area (Å²) in [4.78, 5) is 0. The second-order valence-corrected chi connectivity index (χ2v) is 5.90. The summed E-state index contributed by atoms with van der Waals surface area (Å²) in [5, 5.41) is 7.84. The predicted octanol–water partition coefficient (Wildman–Crippen LogP) is 3.34. The molecule has 0 radical (unpaired) electrons. The lowest BCUT2D eigenvalue weighted by atomic mass is 9.96. The fourth-order valence-electron chi connectivity index (χ4n) is 2.31. The van der Waals surface area contributed by atoms with Crippen molar-refractivity contribution in [1.29, 1.82) is 0 Å². The molecule has 0 bridgehead atoms. The number of nitrogens with one attached hydrogen (secondary N) is 1. The first-order valence-corrected chi connectivity index (χ1v) is 7.38. The summed E-state index contributed by atoms with van der Waals surface area (Å²) in [5.41, 5.74) is 2.19. The Balaban J connectivity index is 2.08. The van der Waals surface area contributed by atoms with E-state index in [2.05, 4.69) is 42.6 Å². The molecule has 0 amide bonds. The van der Waals surface area contributed by atoms with Crippen LogP contribution >= 0.6 is 0 Å². The Morgan fingerprint density at radius 1 is 1.29 bits per heavy atom. The lowest BCUT2D eigenvalue weighted by Crippen LogP contribution is -2.25. The molecular weight excluding hydrogens is 262 g/mol. The van der Waals surface area contributed by atoms with Crippen molar-refractivity contribution in [2.75, 3.05) is 14.2 Å². The highest BCUT2D eigenvalue weighted by atomic mass is 16.5. The van der Waals surface area contributed by atoms with Crippen LogP contribution in [0.2, 0.25) is 0 Å². The van der Waals surface area contributed by atoms with Crippen LogP contribution in [-0.4, -0.2) is 29.5 Å². The number of para-hydroxylation sites is 1. The van der Waals surface area contributed by atoms with Gasteiger partial charge in [-0.3, -0.25) is 0 Å². The van der Waals surface area contributed by atoms with Gasteiger partial charge in [0.1, 0.15) is 0 Å². The van der Waals surface area contributed by atoms with E-state index in [9.17, 15) is 0 Å². The number of ether oxygens (including phenoxy) is 1. The molecule has 0 saturated heterocycles. The molecule has 4 nitrogen and oxygen atoms in total. The number of hydrogen-bond acceptors (Lipinski definition) is 3. The van der Waals surface area contributed by atoms with Crippen LogP contribution in [0.3, 0.4) is 0 Å². The second kappa shape index (κ2) is 6.87. The van der Waals surface area contributed by atoms with Crippen LogP contribution in [0.5, 0.6) is 0 Å². The summed E-state index contributed by atoms with van der Waals surface area (Å²) in [6.07, 6.45) is 6.04. The number of aromatic nitrogens is 2. The van der Waals surface area contributed by atoms with Gasteiger partial charge in [0.25, 0.3) is 0 Å². The van der Waals surface area contributed by atoms with E-state index < -0.39 is 0 Å². The zero-order valence-corrected chi connectivity index (χ0v) is 13.3. The first kappa shape index (κ1) is 15.7.